The van der Waals surface area contributed by atoms with Gasteiger partial charge in [-0.1, -0.05) is 5.03 Å². The van der Waals surface area contributed by atoms with Crippen molar-refractivity contribution >= 4 is 24.5 Å². The zero-order valence-electron chi connectivity index (χ0n) is 16.7. The van der Waals surface area contributed by atoms with Gasteiger partial charge in [-0.3, -0.25) is 9.67 Å². The zero-order chi connectivity index (χ0) is 19.9. The van der Waals surface area contributed by atoms with Crippen molar-refractivity contribution in [3.8, 4) is 0 Å². The summed E-state index contributed by atoms with van der Waals surface area (Å²) in [6.07, 6.45) is 6.57. The molecule has 0 radical (unpaired) electrons. The number of rotatable bonds is 2. The maximum atomic E-state index is 12.5. The molecule has 0 aromatic carbocycles. The van der Waals surface area contributed by atoms with Crippen LogP contribution in [0.3, 0.4) is 0 Å². The van der Waals surface area contributed by atoms with E-state index in [1.54, 1.807) is 18.6 Å². The predicted octanol–water partition coefficient (Wildman–Crippen LogP) is 2.44. The molecule has 1 spiro atoms. The molecule has 0 bridgehead atoms. The van der Waals surface area contributed by atoms with Crippen LogP contribution in [-0.2, 0) is 40.4 Å². The van der Waals surface area contributed by atoms with E-state index in [1.807, 2.05) is 31.5 Å². The molecule has 4 heterocycles. The minimum Gasteiger partial charge on any atom is -0.759 e. The van der Waals surface area contributed by atoms with Crippen LogP contribution >= 0.6 is 0 Å². The number of hydrogen-bond donors (Lipinski definition) is 1. The molecule has 29 heavy (non-hydrogen) atoms. The summed E-state index contributed by atoms with van der Waals surface area (Å²) in [4.78, 5) is 23.3. The Labute approximate surface area is 186 Å². The molecule has 10 heteroatoms. The SMILES string of the molecule is CC(C)(C)OC(=O)N[C@@H]1c2ccnn2CC12CCN(c1cnc([S-])cn1)CC2.[Ni]. The summed E-state index contributed by atoms with van der Waals surface area (Å²) < 4.78 is 7.51. The smallest absolute Gasteiger partial charge is 0.408 e. The van der Waals surface area contributed by atoms with E-state index in [-0.39, 0.29) is 34.0 Å². The summed E-state index contributed by atoms with van der Waals surface area (Å²) in [5.41, 5.74) is 0.423. The maximum absolute atomic E-state index is 12.5. The Balaban J connectivity index is 0.00000240. The van der Waals surface area contributed by atoms with Crippen molar-refractivity contribution in [1.29, 1.82) is 0 Å². The Kier molecular flexibility index (Phi) is 6.06. The van der Waals surface area contributed by atoms with Gasteiger partial charge in [0, 0.05) is 53.9 Å². The predicted molar refractivity (Wildman–Crippen MR) is 106 cm³/mol. The van der Waals surface area contributed by atoms with Gasteiger partial charge in [0.2, 0.25) is 0 Å². The van der Waals surface area contributed by atoms with Crippen LogP contribution in [0.5, 0.6) is 0 Å². The largest absolute Gasteiger partial charge is 0.759 e. The number of fused-ring (bicyclic) bond motifs is 1. The molecule has 2 aliphatic heterocycles. The number of anilines is 1. The van der Waals surface area contributed by atoms with E-state index in [0.717, 1.165) is 44.0 Å². The van der Waals surface area contributed by atoms with Gasteiger partial charge in [-0.05, 0) is 39.7 Å². The van der Waals surface area contributed by atoms with Crippen LogP contribution in [0.25, 0.3) is 0 Å². The van der Waals surface area contributed by atoms with Gasteiger partial charge < -0.3 is 27.6 Å². The molecule has 0 saturated carbocycles. The molecular formula is C19H25N6NiO2S-. The number of amides is 1. The van der Waals surface area contributed by atoms with Gasteiger partial charge in [-0.25, -0.2) is 9.78 Å². The third-order valence-electron chi connectivity index (χ3n) is 5.48. The van der Waals surface area contributed by atoms with E-state index in [1.165, 1.54) is 0 Å². The van der Waals surface area contributed by atoms with Gasteiger partial charge in [0.25, 0.3) is 0 Å². The number of carbonyl (C=O) groups is 1. The molecule has 2 aliphatic rings. The Hall–Kier alpha value is -1.93. The third kappa shape index (κ3) is 4.48. The fourth-order valence-corrected chi connectivity index (χ4v) is 4.28. The van der Waals surface area contributed by atoms with Crippen LogP contribution in [0.2, 0.25) is 0 Å². The van der Waals surface area contributed by atoms with Crippen molar-refractivity contribution in [3.05, 3.63) is 30.4 Å². The zero-order valence-corrected chi connectivity index (χ0v) is 18.5. The summed E-state index contributed by atoms with van der Waals surface area (Å²) in [7, 11) is 0. The summed E-state index contributed by atoms with van der Waals surface area (Å²) in [6.45, 7) is 8.07. The van der Waals surface area contributed by atoms with E-state index in [4.69, 9.17) is 17.4 Å². The molecular weight excluding hydrogens is 435 g/mol. The van der Waals surface area contributed by atoms with Crippen molar-refractivity contribution in [1.82, 2.24) is 25.1 Å². The Bertz CT molecular complexity index is 858. The molecule has 2 aromatic heterocycles. The number of hydrogen-bond acceptors (Lipinski definition) is 7. The average molecular weight is 460 g/mol. The van der Waals surface area contributed by atoms with Gasteiger partial charge in [0.15, 0.2) is 0 Å². The fraction of sp³-hybridized carbons (Fsp3) is 0.579. The minimum atomic E-state index is -0.533. The van der Waals surface area contributed by atoms with Gasteiger partial charge in [-0.15, -0.1) is 0 Å². The number of alkyl carbamates (subject to hydrolysis) is 1. The van der Waals surface area contributed by atoms with Crippen LogP contribution in [-0.4, -0.2) is 44.5 Å². The van der Waals surface area contributed by atoms with Crippen LogP contribution < -0.4 is 10.2 Å². The van der Waals surface area contributed by atoms with Gasteiger partial charge in [0.05, 0.1) is 17.9 Å². The van der Waals surface area contributed by atoms with Crippen LogP contribution in [0.1, 0.15) is 45.3 Å². The number of nitrogens with zero attached hydrogens (tertiary/aromatic N) is 5. The van der Waals surface area contributed by atoms with Gasteiger partial charge in [0.1, 0.15) is 11.4 Å². The van der Waals surface area contributed by atoms with Crippen molar-refractivity contribution in [2.45, 2.75) is 56.8 Å². The molecule has 4 rings (SSSR count). The quantitative estimate of drug-likeness (QED) is 0.545. The molecule has 2 aromatic rings. The summed E-state index contributed by atoms with van der Waals surface area (Å²) in [5, 5.41) is 8.06. The summed E-state index contributed by atoms with van der Waals surface area (Å²) in [5.74, 6) is 0.843. The molecule has 0 unspecified atom stereocenters. The topological polar surface area (TPSA) is 85.2 Å². The first-order valence-corrected chi connectivity index (χ1v) is 9.92. The van der Waals surface area contributed by atoms with Crippen molar-refractivity contribution < 1.29 is 26.0 Å². The van der Waals surface area contributed by atoms with Crippen molar-refractivity contribution in [3.63, 3.8) is 0 Å². The summed E-state index contributed by atoms with van der Waals surface area (Å²) >= 11 is 5.02. The molecule has 8 nitrogen and oxygen atoms in total. The van der Waals surface area contributed by atoms with E-state index >= 15 is 0 Å². The van der Waals surface area contributed by atoms with Crippen molar-refractivity contribution in [2.75, 3.05) is 18.0 Å². The molecule has 1 N–H and O–H groups in total. The number of carbonyl (C=O) groups excluding carboxylic acids is 1. The average Bonchev–Trinajstić information content (AvgIpc) is 3.16. The van der Waals surface area contributed by atoms with Crippen molar-refractivity contribution in [2.24, 2.45) is 5.41 Å². The standard InChI is InChI=1S/C19H26N6O2S.Ni/c1-18(2,3)27-17(26)23-16-13-4-7-22-25(13)12-19(16)5-8-24(9-6-19)14-10-21-15(28)11-20-14;/h4,7,10-11,16H,5-6,8-9,12H2,1-3H3,(H,21,28)(H,23,26);/p-1/t16-;/m1./s1. The monoisotopic (exact) mass is 459 g/mol. The number of aromatic nitrogens is 4. The molecule has 1 saturated heterocycles. The second-order valence-electron chi connectivity index (χ2n) is 8.56. The Morgan fingerprint density at radius 2 is 2.00 bits per heavy atom. The number of ether oxygens (including phenoxy) is 1. The van der Waals surface area contributed by atoms with Crippen LogP contribution in [0, 0.1) is 5.41 Å². The Morgan fingerprint density at radius 1 is 1.28 bits per heavy atom. The van der Waals surface area contributed by atoms with Gasteiger partial charge >= 0.3 is 6.09 Å². The maximum Gasteiger partial charge on any atom is 0.408 e. The van der Waals surface area contributed by atoms with Crippen LogP contribution in [0.4, 0.5) is 10.6 Å². The van der Waals surface area contributed by atoms with E-state index < -0.39 is 5.60 Å². The summed E-state index contributed by atoms with van der Waals surface area (Å²) in [6, 6.07) is 1.87. The normalized spacial score (nSPS) is 20.1. The first kappa shape index (κ1) is 21.8. The molecule has 160 valence electrons. The second kappa shape index (κ2) is 8.07. The van der Waals surface area contributed by atoms with E-state index in [0.29, 0.717) is 5.03 Å². The third-order valence-corrected chi connectivity index (χ3v) is 5.69. The fourth-order valence-electron chi connectivity index (χ4n) is 4.18. The minimum absolute atomic E-state index is 0. The van der Waals surface area contributed by atoms with E-state index in [9.17, 15) is 4.79 Å². The van der Waals surface area contributed by atoms with Crippen LogP contribution in [0.15, 0.2) is 29.7 Å². The molecule has 1 fully saturated rings. The molecule has 0 aliphatic carbocycles. The molecule has 1 amide bonds. The second-order valence-corrected chi connectivity index (χ2v) is 8.97. The molecule has 1 atom stereocenters. The van der Waals surface area contributed by atoms with Gasteiger partial charge in [-0.2, -0.15) is 5.10 Å². The first-order chi connectivity index (χ1) is 13.3. The first-order valence-electron chi connectivity index (χ1n) is 9.51. The number of piperidine rings is 1. The number of nitrogens with one attached hydrogen (secondary N) is 1. The van der Waals surface area contributed by atoms with E-state index in [2.05, 4.69) is 25.3 Å². The Morgan fingerprint density at radius 3 is 2.62 bits per heavy atom.